The fraction of sp³-hybridized carbons (Fsp3) is 0.524. The number of hydrogen-bond acceptors (Lipinski definition) is 2. The van der Waals surface area contributed by atoms with Gasteiger partial charge in [-0.1, -0.05) is 62.2 Å². The van der Waals surface area contributed by atoms with Gasteiger partial charge in [0.25, 0.3) is 0 Å². The van der Waals surface area contributed by atoms with Crippen molar-refractivity contribution in [1.82, 2.24) is 9.97 Å². The predicted octanol–water partition coefficient (Wildman–Crippen LogP) is 7.27. The van der Waals surface area contributed by atoms with E-state index in [1.165, 1.54) is 44.6 Å². The summed E-state index contributed by atoms with van der Waals surface area (Å²) in [6, 6.07) is 3.50. The highest BCUT2D eigenvalue weighted by atomic mass is 35.5. The van der Waals surface area contributed by atoms with Crippen molar-refractivity contribution in [3.63, 3.8) is 0 Å². The molecule has 0 amide bonds. The molecule has 0 bridgehead atoms. The van der Waals surface area contributed by atoms with Gasteiger partial charge in [0.1, 0.15) is 10.3 Å². The van der Waals surface area contributed by atoms with Crippen LogP contribution in [0.15, 0.2) is 18.2 Å². The van der Waals surface area contributed by atoms with Gasteiger partial charge in [-0.05, 0) is 49.3 Å². The first-order valence-corrected chi connectivity index (χ1v) is 10.4. The molecule has 27 heavy (non-hydrogen) atoms. The molecule has 1 aliphatic rings. The van der Waals surface area contributed by atoms with E-state index < -0.39 is 11.6 Å². The second-order valence-electron chi connectivity index (χ2n) is 7.46. The van der Waals surface area contributed by atoms with Crippen LogP contribution < -0.4 is 0 Å². The van der Waals surface area contributed by atoms with Crippen molar-refractivity contribution in [1.29, 1.82) is 0 Å². The van der Waals surface area contributed by atoms with Crippen LogP contribution in [-0.2, 0) is 6.42 Å². The summed E-state index contributed by atoms with van der Waals surface area (Å²) in [5.41, 5.74) is 1.08. The minimum Gasteiger partial charge on any atom is -0.216 e. The van der Waals surface area contributed by atoms with Gasteiger partial charge in [0.15, 0.2) is 17.5 Å². The first-order chi connectivity index (χ1) is 13.0. The van der Waals surface area contributed by atoms with E-state index in [-0.39, 0.29) is 16.1 Å². The Hall–Kier alpha value is -1.26. The van der Waals surface area contributed by atoms with Crippen LogP contribution in [-0.4, -0.2) is 9.97 Å². The first-order valence-electron chi connectivity index (χ1n) is 9.65. The average Bonchev–Trinajstić information content (AvgIpc) is 2.64. The number of nitrogens with zero attached hydrogens (tertiary/aromatic N) is 2. The minimum atomic E-state index is -0.952. The van der Waals surface area contributed by atoms with E-state index in [0.29, 0.717) is 11.5 Å². The van der Waals surface area contributed by atoms with Crippen LogP contribution in [0.1, 0.15) is 57.4 Å². The molecule has 1 heterocycles. The summed E-state index contributed by atoms with van der Waals surface area (Å²) in [5, 5.41) is 0.575. The minimum absolute atomic E-state index is 0.202. The highest BCUT2D eigenvalue weighted by molar-refractivity contribution is 6.34. The molecule has 2 aromatic rings. The van der Waals surface area contributed by atoms with Crippen LogP contribution in [0.25, 0.3) is 11.4 Å². The van der Waals surface area contributed by atoms with Gasteiger partial charge in [0, 0.05) is 11.1 Å². The van der Waals surface area contributed by atoms with E-state index in [0.717, 1.165) is 36.5 Å². The molecular weight excluding hydrogens is 389 g/mol. The summed E-state index contributed by atoms with van der Waals surface area (Å²) in [4.78, 5) is 8.53. The molecule has 1 aromatic heterocycles. The Morgan fingerprint density at radius 3 is 2.30 bits per heavy atom. The van der Waals surface area contributed by atoms with Crippen LogP contribution >= 0.6 is 23.2 Å². The summed E-state index contributed by atoms with van der Waals surface area (Å²) in [5.74, 6) is -0.138. The number of rotatable bonds is 6. The topological polar surface area (TPSA) is 25.8 Å². The molecule has 1 fully saturated rings. The van der Waals surface area contributed by atoms with E-state index in [4.69, 9.17) is 23.2 Å². The van der Waals surface area contributed by atoms with Crippen LogP contribution in [0.3, 0.4) is 0 Å². The van der Waals surface area contributed by atoms with Crippen LogP contribution in [0.4, 0.5) is 8.78 Å². The van der Waals surface area contributed by atoms with Gasteiger partial charge >= 0.3 is 0 Å². The Morgan fingerprint density at radius 1 is 1.00 bits per heavy atom. The SMILES string of the molecule is CCCC1CCCC(CCc2c(Cl)nc(-c3ccc(F)c(F)c3)nc2Cl)C1. The van der Waals surface area contributed by atoms with Crippen molar-refractivity contribution < 1.29 is 8.78 Å². The summed E-state index contributed by atoms with van der Waals surface area (Å²) in [7, 11) is 0. The molecule has 2 atom stereocenters. The quantitative estimate of drug-likeness (QED) is 0.466. The van der Waals surface area contributed by atoms with Crippen molar-refractivity contribution in [2.75, 3.05) is 0 Å². The molecule has 0 N–H and O–H groups in total. The van der Waals surface area contributed by atoms with Crippen molar-refractivity contribution in [3.8, 4) is 11.4 Å². The Bertz CT molecular complexity index is 773. The van der Waals surface area contributed by atoms with E-state index in [9.17, 15) is 8.78 Å². The normalized spacial score (nSPS) is 20.0. The maximum absolute atomic E-state index is 13.5. The van der Waals surface area contributed by atoms with E-state index in [1.807, 2.05) is 0 Å². The van der Waals surface area contributed by atoms with Crippen molar-refractivity contribution >= 4 is 23.2 Å². The van der Waals surface area contributed by atoms with Crippen LogP contribution in [0.2, 0.25) is 10.3 Å². The highest BCUT2D eigenvalue weighted by Gasteiger charge is 2.22. The van der Waals surface area contributed by atoms with Gasteiger partial charge in [-0.3, -0.25) is 0 Å². The lowest BCUT2D eigenvalue weighted by molar-refractivity contribution is 0.243. The molecule has 0 saturated heterocycles. The number of aromatic nitrogens is 2. The molecule has 3 rings (SSSR count). The maximum Gasteiger partial charge on any atom is 0.162 e. The largest absolute Gasteiger partial charge is 0.216 e. The lowest BCUT2D eigenvalue weighted by Gasteiger charge is -2.29. The van der Waals surface area contributed by atoms with Gasteiger partial charge in [-0.15, -0.1) is 0 Å². The fourth-order valence-electron chi connectivity index (χ4n) is 4.09. The summed E-state index contributed by atoms with van der Waals surface area (Å²) in [6.07, 6.45) is 9.48. The van der Waals surface area contributed by atoms with Crippen LogP contribution in [0.5, 0.6) is 0 Å². The van der Waals surface area contributed by atoms with E-state index in [1.54, 1.807) is 0 Å². The van der Waals surface area contributed by atoms with Gasteiger partial charge in [-0.25, -0.2) is 18.7 Å². The summed E-state index contributed by atoms with van der Waals surface area (Å²) >= 11 is 12.7. The third kappa shape index (κ3) is 5.17. The average molecular weight is 413 g/mol. The second-order valence-corrected chi connectivity index (χ2v) is 8.18. The van der Waals surface area contributed by atoms with Crippen molar-refractivity contribution in [2.24, 2.45) is 11.8 Å². The Kier molecular flexibility index (Phi) is 7.04. The lowest BCUT2D eigenvalue weighted by atomic mass is 9.77. The van der Waals surface area contributed by atoms with Gasteiger partial charge in [0.05, 0.1) is 0 Å². The summed E-state index contributed by atoms with van der Waals surface area (Å²) in [6.45, 7) is 2.25. The van der Waals surface area contributed by atoms with Gasteiger partial charge in [-0.2, -0.15) is 0 Å². The molecule has 6 heteroatoms. The zero-order valence-electron chi connectivity index (χ0n) is 15.4. The van der Waals surface area contributed by atoms with Gasteiger partial charge in [0.2, 0.25) is 0 Å². The number of hydrogen-bond donors (Lipinski definition) is 0. The van der Waals surface area contributed by atoms with Crippen molar-refractivity contribution in [3.05, 3.63) is 45.7 Å². The first kappa shape index (κ1) is 20.5. The zero-order chi connectivity index (χ0) is 19.4. The molecule has 0 spiro atoms. The Labute approximate surface area is 169 Å². The molecule has 146 valence electrons. The fourth-order valence-corrected chi connectivity index (χ4v) is 4.66. The molecule has 0 radical (unpaired) electrons. The van der Waals surface area contributed by atoms with Crippen molar-refractivity contribution in [2.45, 2.75) is 58.3 Å². The molecule has 2 nitrogen and oxygen atoms in total. The molecule has 1 aliphatic carbocycles. The predicted molar refractivity (Wildman–Crippen MR) is 106 cm³/mol. The summed E-state index contributed by atoms with van der Waals surface area (Å²) < 4.78 is 26.6. The maximum atomic E-state index is 13.5. The lowest BCUT2D eigenvalue weighted by Crippen LogP contribution is -2.16. The molecule has 0 aliphatic heterocycles. The van der Waals surface area contributed by atoms with Gasteiger partial charge < -0.3 is 0 Å². The second kappa shape index (κ2) is 9.29. The Morgan fingerprint density at radius 2 is 1.67 bits per heavy atom. The van der Waals surface area contributed by atoms with E-state index in [2.05, 4.69) is 16.9 Å². The highest BCUT2D eigenvalue weighted by Crippen LogP contribution is 2.35. The van der Waals surface area contributed by atoms with E-state index >= 15 is 0 Å². The molecular formula is C21H24Cl2F2N2. The molecule has 1 aromatic carbocycles. The van der Waals surface area contributed by atoms with Crippen LogP contribution in [0, 0.1) is 23.5 Å². The zero-order valence-corrected chi connectivity index (χ0v) is 17.0. The standard InChI is InChI=1S/C21H24Cl2F2N2/c1-2-4-13-5-3-6-14(11-13)7-9-16-19(22)26-21(27-20(16)23)15-8-10-17(24)18(25)12-15/h8,10,12-14H,2-7,9,11H2,1H3. The monoisotopic (exact) mass is 412 g/mol. The Balaban J connectivity index is 1.70. The number of halogens is 4. The molecule has 1 saturated carbocycles. The third-order valence-corrected chi connectivity index (χ3v) is 6.10. The third-order valence-electron chi connectivity index (χ3n) is 5.47. The smallest absolute Gasteiger partial charge is 0.162 e. The number of benzene rings is 1. The molecule has 2 unspecified atom stereocenters.